The van der Waals surface area contributed by atoms with Gasteiger partial charge in [-0.3, -0.25) is 14.5 Å². The molecule has 2 aromatic rings. The summed E-state index contributed by atoms with van der Waals surface area (Å²) >= 11 is 19.2. The highest BCUT2D eigenvalue weighted by molar-refractivity contribution is 7.14. The first-order valence-corrected chi connectivity index (χ1v) is 8.96. The summed E-state index contributed by atoms with van der Waals surface area (Å²) in [6.07, 6.45) is 2.92. The van der Waals surface area contributed by atoms with Crippen LogP contribution in [-0.2, 0) is 4.79 Å². The molecule has 0 fully saturated rings. The van der Waals surface area contributed by atoms with Gasteiger partial charge in [0.15, 0.2) is 10.9 Å². The van der Waals surface area contributed by atoms with Gasteiger partial charge in [-0.25, -0.2) is 4.98 Å². The number of carbonyl (C=O) groups excluding carboxylic acids is 2. The number of aromatic nitrogens is 1. The molecule has 0 bridgehead atoms. The van der Waals surface area contributed by atoms with Crippen molar-refractivity contribution in [3.8, 4) is 0 Å². The highest BCUT2D eigenvalue weighted by Gasteiger charge is 2.14. The van der Waals surface area contributed by atoms with Gasteiger partial charge >= 0.3 is 0 Å². The Morgan fingerprint density at radius 2 is 1.96 bits per heavy atom. The fourth-order valence-electron chi connectivity index (χ4n) is 1.94. The van der Waals surface area contributed by atoms with Crippen LogP contribution in [0.1, 0.15) is 29.9 Å². The fourth-order valence-corrected chi connectivity index (χ4v) is 3.47. The van der Waals surface area contributed by atoms with Gasteiger partial charge in [-0.15, -0.1) is 11.3 Å². The van der Waals surface area contributed by atoms with E-state index in [1.807, 2.05) is 6.92 Å². The number of benzene rings is 1. The van der Waals surface area contributed by atoms with Gasteiger partial charge in [0.25, 0.3) is 0 Å². The third-order valence-electron chi connectivity index (χ3n) is 3.14. The third kappa shape index (κ3) is 4.16. The molecule has 0 N–H and O–H groups in total. The predicted octanol–water partition coefficient (Wildman–Crippen LogP) is 5.37. The number of amides is 1. The van der Waals surface area contributed by atoms with Gasteiger partial charge in [-0.1, -0.05) is 34.8 Å². The van der Waals surface area contributed by atoms with Crippen molar-refractivity contribution in [2.24, 2.45) is 0 Å². The zero-order chi connectivity index (χ0) is 17.9. The lowest BCUT2D eigenvalue weighted by molar-refractivity contribution is -0.116. The van der Waals surface area contributed by atoms with Crippen LogP contribution in [-0.4, -0.2) is 23.2 Å². The van der Waals surface area contributed by atoms with Crippen LogP contribution in [0.5, 0.6) is 0 Å². The predicted molar refractivity (Wildman–Crippen MR) is 101 cm³/mol. The third-order valence-corrected chi connectivity index (χ3v) is 5.32. The number of thiazole rings is 1. The Labute approximate surface area is 158 Å². The second kappa shape index (κ2) is 8.12. The maximum Gasteiger partial charge on any atom is 0.225 e. The van der Waals surface area contributed by atoms with Crippen molar-refractivity contribution in [3.05, 3.63) is 49.9 Å². The molecule has 1 aromatic heterocycles. The van der Waals surface area contributed by atoms with Gasteiger partial charge < -0.3 is 0 Å². The topological polar surface area (TPSA) is 50.3 Å². The van der Waals surface area contributed by atoms with E-state index in [0.717, 1.165) is 0 Å². The highest BCUT2D eigenvalue weighted by atomic mass is 35.5. The Morgan fingerprint density at radius 3 is 2.58 bits per heavy atom. The molecule has 1 amide bonds. The Kier molecular flexibility index (Phi) is 6.40. The molecule has 8 heteroatoms. The van der Waals surface area contributed by atoms with Gasteiger partial charge in [-0.2, -0.15) is 0 Å². The van der Waals surface area contributed by atoms with E-state index in [1.165, 1.54) is 36.5 Å². The number of nitrogens with zero attached hydrogens (tertiary/aromatic N) is 2. The summed E-state index contributed by atoms with van der Waals surface area (Å²) in [5.74, 6) is -0.395. The number of ketones is 1. The molecular formula is C16H13Cl3N2O2S. The molecule has 0 unspecified atom stereocenters. The molecule has 24 heavy (non-hydrogen) atoms. The molecule has 0 aliphatic carbocycles. The molecule has 126 valence electrons. The van der Waals surface area contributed by atoms with Crippen molar-refractivity contribution in [2.75, 3.05) is 11.4 Å². The summed E-state index contributed by atoms with van der Waals surface area (Å²) in [6.45, 7) is 3.88. The van der Waals surface area contributed by atoms with Crippen LogP contribution in [0.2, 0.25) is 15.1 Å². The SMILES string of the molecule is CCN(C(C)=O)c1nc(/C=C/C(=O)c2ccc(Cl)c(Cl)c2Cl)cs1. The van der Waals surface area contributed by atoms with Crippen LogP contribution < -0.4 is 4.90 Å². The molecule has 1 heterocycles. The summed E-state index contributed by atoms with van der Waals surface area (Å²) in [7, 11) is 0. The minimum atomic E-state index is -0.313. The first-order chi connectivity index (χ1) is 11.3. The normalized spacial score (nSPS) is 11.0. The Balaban J connectivity index is 2.20. The van der Waals surface area contributed by atoms with Crippen LogP contribution in [0.15, 0.2) is 23.6 Å². The second-order valence-corrected chi connectivity index (χ2v) is 6.74. The standard InChI is InChI=1S/C16H13Cl3N2O2S/c1-3-21(9(2)22)16-20-10(8-24-16)4-7-13(23)11-5-6-12(17)15(19)14(11)18/h4-8H,3H2,1-2H3/b7-4+. The molecule has 1 aromatic carbocycles. The lowest BCUT2D eigenvalue weighted by Crippen LogP contribution is -2.27. The molecule has 0 aliphatic rings. The van der Waals surface area contributed by atoms with Crippen molar-refractivity contribution < 1.29 is 9.59 Å². The van der Waals surface area contributed by atoms with E-state index in [2.05, 4.69) is 4.98 Å². The maximum absolute atomic E-state index is 12.2. The van der Waals surface area contributed by atoms with E-state index in [0.29, 0.717) is 17.4 Å². The lowest BCUT2D eigenvalue weighted by Gasteiger charge is -2.14. The minimum Gasteiger partial charge on any atom is -0.289 e. The second-order valence-electron chi connectivity index (χ2n) is 4.74. The number of halogens is 3. The Bertz CT molecular complexity index is 818. The number of hydrogen-bond acceptors (Lipinski definition) is 4. The van der Waals surface area contributed by atoms with Crippen LogP contribution in [0.3, 0.4) is 0 Å². The zero-order valence-electron chi connectivity index (χ0n) is 12.8. The summed E-state index contributed by atoms with van der Waals surface area (Å²) < 4.78 is 0. The van der Waals surface area contributed by atoms with E-state index in [9.17, 15) is 9.59 Å². The number of rotatable bonds is 5. The van der Waals surface area contributed by atoms with Gasteiger partial charge in [0.2, 0.25) is 5.91 Å². The van der Waals surface area contributed by atoms with Crippen molar-refractivity contribution in [3.63, 3.8) is 0 Å². The summed E-state index contributed by atoms with van der Waals surface area (Å²) in [6, 6.07) is 3.04. The average Bonchev–Trinajstić information content (AvgIpc) is 2.99. The van der Waals surface area contributed by atoms with E-state index in [1.54, 1.807) is 16.4 Å². The highest BCUT2D eigenvalue weighted by Crippen LogP contribution is 2.33. The molecule has 0 saturated carbocycles. The summed E-state index contributed by atoms with van der Waals surface area (Å²) in [5.41, 5.74) is 0.843. The van der Waals surface area contributed by atoms with E-state index >= 15 is 0 Å². The molecule has 2 rings (SSSR count). The van der Waals surface area contributed by atoms with Crippen molar-refractivity contribution in [1.82, 2.24) is 4.98 Å². The fraction of sp³-hybridized carbons (Fsp3) is 0.188. The lowest BCUT2D eigenvalue weighted by atomic mass is 10.1. The minimum absolute atomic E-state index is 0.0824. The Hall–Kier alpha value is -1.40. The summed E-state index contributed by atoms with van der Waals surface area (Å²) in [5, 5.41) is 2.90. The van der Waals surface area contributed by atoms with Crippen LogP contribution in [0.25, 0.3) is 6.08 Å². The van der Waals surface area contributed by atoms with E-state index < -0.39 is 0 Å². The van der Waals surface area contributed by atoms with Crippen LogP contribution >= 0.6 is 46.1 Å². The van der Waals surface area contributed by atoms with Crippen LogP contribution in [0, 0.1) is 0 Å². The monoisotopic (exact) mass is 402 g/mol. The van der Waals surface area contributed by atoms with Crippen LogP contribution in [0.4, 0.5) is 5.13 Å². The zero-order valence-corrected chi connectivity index (χ0v) is 15.9. The van der Waals surface area contributed by atoms with Crippen molar-refractivity contribution in [2.45, 2.75) is 13.8 Å². The van der Waals surface area contributed by atoms with E-state index in [4.69, 9.17) is 34.8 Å². The van der Waals surface area contributed by atoms with Gasteiger partial charge in [0.1, 0.15) is 0 Å². The van der Waals surface area contributed by atoms with Gasteiger partial charge in [0.05, 0.1) is 20.8 Å². The molecule has 0 aliphatic heterocycles. The van der Waals surface area contributed by atoms with Gasteiger partial charge in [0, 0.05) is 24.4 Å². The molecule has 0 atom stereocenters. The summed E-state index contributed by atoms with van der Waals surface area (Å²) in [4.78, 5) is 29.6. The quantitative estimate of drug-likeness (QED) is 0.383. The molecule has 4 nitrogen and oxygen atoms in total. The number of anilines is 1. The maximum atomic E-state index is 12.2. The van der Waals surface area contributed by atoms with Gasteiger partial charge in [-0.05, 0) is 31.2 Å². The largest absolute Gasteiger partial charge is 0.289 e. The average molecular weight is 404 g/mol. The molecule has 0 saturated heterocycles. The smallest absolute Gasteiger partial charge is 0.225 e. The molecular weight excluding hydrogens is 391 g/mol. The number of allylic oxidation sites excluding steroid dienone is 1. The number of hydrogen-bond donors (Lipinski definition) is 0. The molecule has 0 spiro atoms. The van der Waals surface area contributed by atoms with E-state index in [-0.39, 0.29) is 32.3 Å². The number of carbonyl (C=O) groups is 2. The first-order valence-electron chi connectivity index (χ1n) is 6.94. The van der Waals surface area contributed by atoms with Crippen molar-refractivity contribution in [1.29, 1.82) is 0 Å². The Morgan fingerprint density at radius 1 is 1.25 bits per heavy atom. The first kappa shape index (κ1) is 18.9. The molecule has 0 radical (unpaired) electrons. The van der Waals surface area contributed by atoms with Crippen molar-refractivity contribution >= 4 is 69.0 Å².